The topological polar surface area (TPSA) is 30.5 Å². The summed E-state index contributed by atoms with van der Waals surface area (Å²) >= 11 is 0. The molecule has 0 aromatic heterocycles. The highest BCUT2D eigenvalue weighted by Crippen LogP contribution is 2.31. The van der Waals surface area contributed by atoms with Crippen LogP contribution >= 0.6 is 12.4 Å². The first kappa shape index (κ1) is 17.4. The molecule has 2 heterocycles. The van der Waals surface area contributed by atoms with E-state index in [2.05, 4.69) is 10.1 Å². The summed E-state index contributed by atoms with van der Waals surface area (Å²) in [5.41, 5.74) is 0.431. The quantitative estimate of drug-likeness (QED) is 0.906. The maximum absolute atomic E-state index is 12.4. The molecule has 3 atom stereocenters. The zero-order valence-electron chi connectivity index (χ0n) is 11.9. The van der Waals surface area contributed by atoms with Gasteiger partial charge in [-0.2, -0.15) is 0 Å². The maximum Gasteiger partial charge on any atom is 0.573 e. The van der Waals surface area contributed by atoms with Gasteiger partial charge in [-0.05, 0) is 31.7 Å². The van der Waals surface area contributed by atoms with E-state index in [4.69, 9.17) is 4.74 Å². The van der Waals surface area contributed by atoms with Crippen molar-refractivity contribution in [3.8, 4) is 5.75 Å². The van der Waals surface area contributed by atoms with Gasteiger partial charge in [0, 0.05) is 17.6 Å². The Morgan fingerprint density at radius 1 is 1.09 bits per heavy atom. The van der Waals surface area contributed by atoms with Crippen molar-refractivity contribution in [3.63, 3.8) is 0 Å². The van der Waals surface area contributed by atoms with E-state index in [9.17, 15) is 13.2 Å². The molecule has 3 nitrogen and oxygen atoms in total. The molecule has 1 aromatic rings. The molecule has 2 fully saturated rings. The Hall–Kier alpha value is -0.980. The summed E-state index contributed by atoms with van der Waals surface area (Å²) in [5.74, 6) is -0.179. The third-order valence-electron chi connectivity index (χ3n) is 4.10. The lowest BCUT2D eigenvalue weighted by Gasteiger charge is -2.29. The van der Waals surface area contributed by atoms with Gasteiger partial charge in [-0.1, -0.05) is 18.2 Å². The highest BCUT2D eigenvalue weighted by Gasteiger charge is 2.34. The summed E-state index contributed by atoms with van der Waals surface area (Å²) in [5, 5.41) is 3.51. The summed E-state index contributed by atoms with van der Waals surface area (Å²) in [7, 11) is 0. The molecule has 1 N–H and O–H groups in total. The van der Waals surface area contributed by atoms with E-state index < -0.39 is 6.36 Å². The van der Waals surface area contributed by atoms with Crippen molar-refractivity contribution < 1.29 is 22.6 Å². The Morgan fingerprint density at radius 2 is 1.73 bits per heavy atom. The van der Waals surface area contributed by atoms with Crippen molar-refractivity contribution in [3.05, 3.63) is 29.8 Å². The molecular weight excluding hydrogens is 319 g/mol. The number of hydrogen-bond acceptors (Lipinski definition) is 3. The second kappa shape index (κ2) is 7.06. The number of ether oxygens (including phenoxy) is 2. The first-order valence-corrected chi connectivity index (χ1v) is 7.21. The van der Waals surface area contributed by atoms with Crippen LogP contribution in [-0.2, 0) is 11.3 Å². The lowest BCUT2D eigenvalue weighted by Crippen LogP contribution is -2.41. The van der Waals surface area contributed by atoms with Crippen LogP contribution in [0.1, 0.15) is 31.2 Å². The second-order valence-electron chi connectivity index (χ2n) is 5.70. The Balaban J connectivity index is 0.00000176. The molecule has 22 heavy (non-hydrogen) atoms. The molecule has 0 radical (unpaired) electrons. The van der Waals surface area contributed by atoms with E-state index in [0.717, 1.165) is 25.7 Å². The predicted octanol–water partition coefficient (Wildman–Crippen LogP) is 3.81. The highest BCUT2D eigenvalue weighted by molar-refractivity contribution is 5.85. The van der Waals surface area contributed by atoms with Gasteiger partial charge in [0.25, 0.3) is 0 Å². The fourth-order valence-electron chi connectivity index (χ4n) is 3.20. The van der Waals surface area contributed by atoms with Crippen LogP contribution in [0.2, 0.25) is 0 Å². The fourth-order valence-corrected chi connectivity index (χ4v) is 3.20. The van der Waals surface area contributed by atoms with Crippen molar-refractivity contribution >= 4 is 12.4 Å². The number of nitrogens with one attached hydrogen (secondary N) is 1. The summed E-state index contributed by atoms with van der Waals surface area (Å²) in [6.07, 6.45) is -0.374. The first-order valence-electron chi connectivity index (χ1n) is 7.21. The van der Waals surface area contributed by atoms with Gasteiger partial charge >= 0.3 is 6.36 Å². The molecule has 2 saturated heterocycles. The smallest absolute Gasteiger partial charge is 0.405 e. The van der Waals surface area contributed by atoms with E-state index in [-0.39, 0.29) is 30.9 Å². The van der Waals surface area contributed by atoms with Gasteiger partial charge in [0.15, 0.2) is 0 Å². The largest absolute Gasteiger partial charge is 0.573 e. The molecule has 0 aliphatic carbocycles. The lowest BCUT2D eigenvalue weighted by molar-refractivity contribution is -0.275. The van der Waals surface area contributed by atoms with E-state index in [0.29, 0.717) is 17.6 Å². The summed E-state index contributed by atoms with van der Waals surface area (Å²) in [6, 6.07) is 7.13. The zero-order valence-corrected chi connectivity index (χ0v) is 12.8. The van der Waals surface area contributed by atoms with E-state index in [1.165, 1.54) is 12.1 Å². The first-order chi connectivity index (χ1) is 9.99. The minimum Gasteiger partial charge on any atom is -0.405 e. The van der Waals surface area contributed by atoms with Crippen LogP contribution in [0.3, 0.4) is 0 Å². The minimum atomic E-state index is -4.68. The van der Waals surface area contributed by atoms with Crippen LogP contribution in [0.25, 0.3) is 0 Å². The number of hydrogen-bond donors (Lipinski definition) is 1. The van der Waals surface area contributed by atoms with Crippen molar-refractivity contribution in [1.82, 2.24) is 5.32 Å². The molecule has 124 valence electrons. The summed E-state index contributed by atoms with van der Waals surface area (Å²) in [4.78, 5) is 0. The van der Waals surface area contributed by atoms with Crippen molar-refractivity contribution in [2.45, 2.75) is 56.8 Å². The van der Waals surface area contributed by atoms with Gasteiger partial charge in [-0.15, -0.1) is 25.6 Å². The van der Waals surface area contributed by atoms with Crippen LogP contribution in [0, 0.1) is 0 Å². The van der Waals surface area contributed by atoms with Gasteiger partial charge in [0.05, 0.1) is 12.7 Å². The van der Waals surface area contributed by atoms with Crippen LogP contribution in [0.5, 0.6) is 5.75 Å². The zero-order chi connectivity index (χ0) is 14.9. The molecule has 3 rings (SSSR count). The number of fused-ring (bicyclic) bond motifs is 2. The molecule has 7 heteroatoms. The average molecular weight is 338 g/mol. The monoisotopic (exact) mass is 337 g/mol. The second-order valence-corrected chi connectivity index (χ2v) is 5.70. The third kappa shape index (κ3) is 4.51. The molecule has 2 aliphatic rings. The average Bonchev–Trinajstić information content (AvgIpc) is 2.75. The normalized spacial score (nSPS) is 27.3. The Labute approximate surface area is 133 Å². The molecule has 1 aromatic carbocycles. The number of benzene rings is 1. The Kier molecular flexibility index (Phi) is 5.58. The van der Waals surface area contributed by atoms with Crippen LogP contribution in [-0.4, -0.2) is 24.6 Å². The maximum atomic E-state index is 12.4. The molecule has 2 aliphatic heterocycles. The molecular formula is C15H19ClF3NO2. The van der Waals surface area contributed by atoms with E-state index in [1.54, 1.807) is 12.1 Å². The van der Waals surface area contributed by atoms with Gasteiger partial charge < -0.3 is 14.8 Å². The van der Waals surface area contributed by atoms with Crippen LogP contribution < -0.4 is 10.1 Å². The van der Waals surface area contributed by atoms with Crippen molar-refractivity contribution in [1.29, 1.82) is 0 Å². The number of piperidine rings is 1. The lowest BCUT2D eigenvalue weighted by atomic mass is 10.0. The summed E-state index contributed by atoms with van der Waals surface area (Å²) in [6.45, 7) is 0.149. The Morgan fingerprint density at radius 3 is 2.36 bits per heavy atom. The molecule has 0 saturated carbocycles. The van der Waals surface area contributed by atoms with Crippen LogP contribution in [0.4, 0.5) is 13.2 Å². The highest BCUT2D eigenvalue weighted by atomic mass is 35.5. The minimum absolute atomic E-state index is 0. The van der Waals surface area contributed by atoms with E-state index >= 15 is 0 Å². The fraction of sp³-hybridized carbons (Fsp3) is 0.600. The van der Waals surface area contributed by atoms with Gasteiger partial charge in [0.1, 0.15) is 5.75 Å². The molecule has 0 unspecified atom stereocenters. The third-order valence-corrected chi connectivity index (χ3v) is 4.10. The number of para-hydroxylation sites is 1. The van der Waals surface area contributed by atoms with Crippen LogP contribution in [0.15, 0.2) is 24.3 Å². The number of rotatable bonds is 4. The molecule has 0 spiro atoms. The van der Waals surface area contributed by atoms with Gasteiger partial charge in [-0.25, -0.2) is 0 Å². The van der Waals surface area contributed by atoms with E-state index in [1.807, 2.05) is 0 Å². The van der Waals surface area contributed by atoms with Crippen molar-refractivity contribution in [2.75, 3.05) is 0 Å². The Bertz CT molecular complexity index is 486. The van der Waals surface area contributed by atoms with Gasteiger partial charge in [0.2, 0.25) is 0 Å². The van der Waals surface area contributed by atoms with Gasteiger partial charge in [-0.3, -0.25) is 0 Å². The SMILES string of the molecule is Cl.FC(F)(F)Oc1ccccc1CO[C@H]1C[C@H]2CC[C@@H](C1)N2. The predicted molar refractivity (Wildman–Crippen MR) is 78.1 cm³/mol. The summed E-state index contributed by atoms with van der Waals surface area (Å²) < 4.78 is 46.9. The standard InChI is InChI=1S/C15H18F3NO2.ClH/c16-15(17,18)21-14-4-2-1-3-10(14)9-20-13-7-11-5-6-12(8-13)19-11;/h1-4,11-13,19H,5-9H2;1H/t11-,12+,13+;. The molecule has 2 bridgehead atoms. The molecule has 0 amide bonds. The van der Waals surface area contributed by atoms with Crippen molar-refractivity contribution in [2.24, 2.45) is 0 Å². The number of alkyl halides is 3. The number of halogens is 4.